The van der Waals surface area contributed by atoms with Crippen LogP contribution < -0.4 is 5.32 Å². The van der Waals surface area contributed by atoms with Crippen LogP contribution >= 0.6 is 0 Å². The van der Waals surface area contributed by atoms with Gasteiger partial charge >= 0.3 is 0 Å². The van der Waals surface area contributed by atoms with Crippen LogP contribution in [-0.2, 0) is 10.1 Å². The molecule has 0 radical (unpaired) electrons. The minimum absolute atomic E-state index is 0.0124. The number of nitrogens with one attached hydrogen (secondary N) is 1. The van der Waals surface area contributed by atoms with E-state index >= 15 is 0 Å². The Morgan fingerprint density at radius 1 is 1.04 bits per heavy atom. The van der Waals surface area contributed by atoms with E-state index in [0.717, 1.165) is 6.07 Å². The number of nitro benzene ring substituents is 1. The summed E-state index contributed by atoms with van der Waals surface area (Å²) in [5, 5.41) is 24.1. The first-order chi connectivity index (χ1) is 12.7. The van der Waals surface area contributed by atoms with Gasteiger partial charge in [0.2, 0.25) is 0 Å². The molecule has 3 N–H and O–H groups in total. The predicted molar refractivity (Wildman–Crippen MR) is 96.5 cm³/mol. The van der Waals surface area contributed by atoms with Gasteiger partial charge in [0.05, 0.1) is 15.5 Å². The minimum Gasteiger partial charge on any atom is -0.505 e. The van der Waals surface area contributed by atoms with Crippen LogP contribution in [0.15, 0.2) is 59.5 Å². The molecule has 0 aromatic heterocycles. The summed E-state index contributed by atoms with van der Waals surface area (Å²) >= 11 is 0. The summed E-state index contributed by atoms with van der Waals surface area (Å²) < 4.78 is 31.7. The van der Waals surface area contributed by atoms with Crippen molar-refractivity contribution >= 4 is 38.2 Å². The maximum absolute atomic E-state index is 12.3. The third-order valence-corrected chi connectivity index (χ3v) is 4.70. The van der Waals surface area contributed by atoms with Gasteiger partial charge in [0.1, 0.15) is 5.75 Å². The molecule has 3 rings (SSSR count). The predicted octanol–water partition coefficient (Wildman–Crippen LogP) is 2.95. The molecular weight excluding hydrogens is 376 g/mol. The van der Waals surface area contributed by atoms with E-state index in [2.05, 4.69) is 5.32 Å². The fraction of sp³-hybridized carbons (Fsp3) is 0. The number of non-ortho nitro benzene ring substituents is 1. The summed E-state index contributed by atoms with van der Waals surface area (Å²) in [6, 6.07) is 11.5. The molecule has 10 heteroatoms. The number of hydrogen-bond acceptors (Lipinski definition) is 6. The Morgan fingerprint density at radius 3 is 2.26 bits per heavy atom. The summed E-state index contributed by atoms with van der Waals surface area (Å²) in [5.41, 5.74) is -0.0250. The average molecular weight is 388 g/mol. The number of nitrogens with zero attached hydrogens (tertiary/aromatic N) is 1. The van der Waals surface area contributed by atoms with Crippen LogP contribution in [-0.4, -0.2) is 28.9 Å². The van der Waals surface area contributed by atoms with Crippen molar-refractivity contribution in [3.63, 3.8) is 0 Å². The number of phenols is 1. The molecule has 138 valence electrons. The van der Waals surface area contributed by atoms with Crippen LogP contribution in [0.3, 0.4) is 0 Å². The quantitative estimate of drug-likeness (QED) is 0.269. The van der Waals surface area contributed by atoms with Crippen LogP contribution in [0.4, 0.5) is 11.4 Å². The van der Waals surface area contributed by atoms with E-state index in [1.54, 1.807) is 6.07 Å². The first-order valence-corrected chi connectivity index (χ1v) is 8.90. The number of carbonyl (C=O) groups excluding carboxylic acids is 1. The molecule has 0 bridgehead atoms. The van der Waals surface area contributed by atoms with Crippen LogP contribution in [0.2, 0.25) is 0 Å². The Morgan fingerprint density at radius 2 is 1.67 bits per heavy atom. The van der Waals surface area contributed by atoms with Gasteiger partial charge in [0.25, 0.3) is 21.7 Å². The van der Waals surface area contributed by atoms with Crippen LogP contribution in [0.25, 0.3) is 10.8 Å². The molecule has 0 fully saturated rings. The van der Waals surface area contributed by atoms with E-state index in [9.17, 15) is 28.4 Å². The average Bonchev–Trinajstić information content (AvgIpc) is 2.63. The maximum Gasteiger partial charge on any atom is 0.294 e. The minimum atomic E-state index is -4.45. The Bertz CT molecular complexity index is 1170. The number of aromatic hydroxyl groups is 1. The van der Waals surface area contributed by atoms with Gasteiger partial charge in [-0.2, -0.15) is 8.42 Å². The number of anilines is 1. The van der Waals surface area contributed by atoms with Gasteiger partial charge in [0.15, 0.2) is 0 Å². The van der Waals surface area contributed by atoms with Gasteiger partial charge in [-0.3, -0.25) is 19.5 Å². The molecule has 0 heterocycles. The number of benzene rings is 3. The lowest BCUT2D eigenvalue weighted by atomic mass is 10.1. The van der Waals surface area contributed by atoms with Gasteiger partial charge in [-0.1, -0.05) is 12.1 Å². The highest BCUT2D eigenvalue weighted by Gasteiger charge is 2.15. The lowest BCUT2D eigenvalue weighted by Crippen LogP contribution is -2.12. The largest absolute Gasteiger partial charge is 0.505 e. The Kier molecular flexibility index (Phi) is 4.52. The number of amides is 1. The Hall–Kier alpha value is -3.50. The van der Waals surface area contributed by atoms with Crippen molar-refractivity contribution in [3.05, 3.63) is 70.3 Å². The zero-order chi connectivity index (χ0) is 19.8. The van der Waals surface area contributed by atoms with Crippen LogP contribution in [0.1, 0.15) is 10.4 Å². The maximum atomic E-state index is 12.3. The Balaban J connectivity index is 1.95. The molecule has 3 aromatic rings. The highest BCUT2D eigenvalue weighted by molar-refractivity contribution is 7.85. The van der Waals surface area contributed by atoms with Crippen molar-refractivity contribution in [2.24, 2.45) is 0 Å². The molecule has 0 unspecified atom stereocenters. The van der Waals surface area contributed by atoms with E-state index in [4.69, 9.17) is 4.55 Å². The SMILES string of the molecule is O=C(Nc1ccc2ccc(S(=O)(=O)O)cc2c1O)c1ccc([N+](=O)[O-])cc1. The lowest BCUT2D eigenvalue weighted by Gasteiger charge is -2.10. The van der Waals surface area contributed by atoms with Crippen molar-refractivity contribution < 1.29 is 27.8 Å². The van der Waals surface area contributed by atoms with Crippen molar-refractivity contribution in [1.82, 2.24) is 0 Å². The lowest BCUT2D eigenvalue weighted by molar-refractivity contribution is -0.384. The molecule has 1 amide bonds. The molecule has 9 nitrogen and oxygen atoms in total. The molecule has 27 heavy (non-hydrogen) atoms. The molecule has 0 aliphatic heterocycles. The first kappa shape index (κ1) is 18.3. The molecule has 0 saturated carbocycles. The van der Waals surface area contributed by atoms with Gasteiger partial charge < -0.3 is 10.4 Å². The number of carbonyl (C=O) groups is 1. The summed E-state index contributed by atoms with van der Waals surface area (Å²) in [4.78, 5) is 21.9. The van der Waals surface area contributed by atoms with E-state index in [0.29, 0.717) is 5.39 Å². The van der Waals surface area contributed by atoms with Gasteiger partial charge in [0, 0.05) is 23.1 Å². The molecule has 0 spiro atoms. The highest BCUT2D eigenvalue weighted by atomic mass is 32.2. The zero-order valence-corrected chi connectivity index (χ0v) is 14.3. The van der Waals surface area contributed by atoms with Crippen molar-refractivity contribution in [1.29, 1.82) is 0 Å². The second-order valence-corrected chi connectivity index (χ2v) is 7.00. The van der Waals surface area contributed by atoms with Gasteiger partial charge in [-0.25, -0.2) is 0 Å². The van der Waals surface area contributed by atoms with Crippen molar-refractivity contribution in [3.8, 4) is 5.75 Å². The molecule has 0 saturated heterocycles. The fourth-order valence-corrected chi connectivity index (χ4v) is 2.98. The van der Waals surface area contributed by atoms with Crippen molar-refractivity contribution in [2.75, 3.05) is 5.32 Å². The van der Waals surface area contributed by atoms with Crippen LogP contribution in [0.5, 0.6) is 5.75 Å². The summed E-state index contributed by atoms with van der Waals surface area (Å²) in [7, 11) is -4.45. The summed E-state index contributed by atoms with van der Waals surface area (Å²) in [6.07, 6.45) is 0. The third-order valence-electron chi connectivity index (χ3n) is 3.85. The molecular formula is C17H12N2O7S. The van der Waals surface area contributed by atoms with Gasteiger partial charge in [-0.15, -0.1) is 0 Å². The fourth-order valence-electron chi connectivity index (χ4n) is 2.47. The normalized spacial score (nSPS) is 11.3. The molecule has 0 atom stereocenters. The third kappa shape index (κ3) is 3.71. The van der Waals surface area contributed by atoms with E-state index < -0.39 is 25.8 Å². The van der Waals surface area contributed by atoms with Crippen LogP contribution in [0, 0.1) is 10.1 Å². The highest BCUT2D eigenvalue weighted by Crippen LogP contribution is 2.34. The second-order valence-electron chi connectivity index (χ2n) is 5.58. The van der Waals surface area contributed by atoms with E-state index in [-0.39, 0.29) is 28.1 Å². The Labute approximate surface area is 152 Å². The summed E-state index contributed by atoms with van der Waals surface area (Å²) in [6.45, 7) is 0. The molecule has 0 aliphatic rings. The van der Waals surface area contributed by atoms with Gasteiger partial charge in [-0.05, 0) is 35.7 Å². The molecule has 3 aromatic carbocycles. The number of fused-ring (bicyclic) bond motifs is 1. The van der Waals surface area contributed by atoms with E-state index in [1.807, 2.05) is 0 Å². The standard InChI is InChI=1S/C17H12N2O7S/c20-16-14-9-13(27(24,25)26)7-3-10(14)4-8-15(16)18-17(21)11-1-5-12(6-2-11)19(22)23/h1-9,20H,(H,18,21)(H,24,25,26). The number of rotatable bonds is 4. The number of nitro groups is 1. The van der Waals surface area contributed by atoms with E-state index in [1.165, 1.54) is 42.5 Å². The zero-order valence-electron chi connectivity index (χ0n) is 13.5. The van der Waals surface area contributed by atoms with Crippen molar-refractivity contribution in [2.45, 2.75) is 4.90 Å². The number of phenolic OH excluding ortho intramolecular Hbond substituents is 1. The monoisotopic (exact) mass is 388 g/mol. The smallest absolute Gasteiger partial charge is 0.294 e. The summed E-state index contributed by atoms with van der Waals surface area (Å²) in [5.74, 6) is -1.00. The first-order valence-electron chi connectivity index (χ1n) is 7.46. The number of hydrogen-bond donors (Lipinski definition) is 3. The second kappa shape index (κ2) is 6.67. The molecule has 0 aliphatic carbocycles. The topological polar surface area (TPSA) is 147 Å².